The zero-order valence-corrected chi connectivity index (χ0v) is 56.8. The van der Waals surface area contributed by atoms with E-state index in [-0.39, 0.29) is 12.8 Å². The molecule has 0 aromatic heterocycles. The van der Waals surface area contributed by atoms with Crippen molar-refractivity contribution in [3.63, 3.8) is 0 Å². The summed E-state index contributed by atoms with van der Waals surface area (Å²) in [6, 6.07) is 0. The van der Waals surface area contributed by atoms with Crippen LogP contribution in [0.3, 0.4) is 0 Å². The van der Waals surface area contributed by atoms with E-state index in [0.717, 1.165) is 49.4 Å². The molecule has 0 radical (unpaired) electrons. The Kier molecular flexibility index (Phi) is 48.9. The molecule has 0 saturated heterocycles. The van der Waals surface area contributed by atoms with Crippen molar-refractivity contribution in [1.82, 2.24) is 0 Å². The van der Waals surface area contributed by atoms with Gasteiger partial charge in [0.2, 0.25) is 11.8 Å². The maximum absolute atomic E-state index is 11.5. The minimum atomic E-state index is -2.46. The van der Waals surface area contributed by atoms with Gasteiger partial charge < -0.3 is 0 Å². The van der Waals surface area contributed by atoms with Gasteiger partial charge in [-0.25, -0.2) is 17.6 Å². The second kappa shape index (κ2) is 47.7. The fourth-order valence-corrected chi connectivity index (χ4v) is 5.41. The summed E-state index contributed by atoms with van der Waals surface area (Å²) in [6.45, 7) is 60.8. The van der Waals surface area contributed by atoms with Gasteiger partial charge in [-0.05, 0) is 94.7 Å². The number of rotatable bonds is 2. The van der Waals surface area contributed by atoms with Crippen molar-refractivity contribution in [3.05, 3.63) is 0 Å². The highest BCUT2D eigenvalue weighted by atomic mass is 19.3. The molecule has 0 heterocycles. The Hall–Kier alpha value is -0.280. The summed E-state index contributed by atoms with van der Waals surface area (Å²) in [5.74, 6) is 1.04. The van der Waals surface area contributed by atoms with Crippen molar-refractivity contribution in [2.75, 3.05) is 0 Å². The Morgan fingerprint density at radius 2 is 0.534 bits per heavy atom. The molecule has 0 N–H and O–H groups in total. The van der Waals surface area contributed by atoms with Crippen LogP contribution in [0, 0.1) is 68.0 Å². The van der Waals surface area contributed by atoms with Crippen LogP contribution in [-0.4, -0.2) is 11.8 Å². The molecule has 0 unspecified atom stereocenters. The molecule has 0 aromatic carbocycles. The van der Waals surface area contributed by atoms with Gasteiger partial charge in [0.1, 0.15) is 0 Å². The Morgan fingerprint density at radius 1 is 0.370 bits per heavy atom. The number of halogens is 4. The minimum Gasteiger partial charge on any atom is -0.207 e. The smallest absolute Gasteiger partial charge is 0.207 e. The standard InChI is InChI=1S/C9H18.C8H16.C7H14.C6H12.2C6H14.3C5H12.2C4H8F2.C4H10/c1-8-4-6-9(2,3)7-5-8;1-7-3-5-8(2)6-4-7;1-7-5-3-2-4-6-7;1-6-4-2-3-5-6;2*1-5-6(2,3)4;3*1-5(2,3)4;2*1-3-4(2,5)6;1-4(2)3/h8H,4-7H2,1-3H3;7-8H,3-6H2,1-2H3;7H,2-6H2,1H3;6H,2-5H2,1H3;2*5H2,1-4H3;3*1-4H3;2*3H2,1-2H3;4H,1-3H3/i;;;;;;1D3,2D3;;;;;. The van der Waals surface area contributed by atoms with Gasteiger partial charge in [-0.15, -0.1) is 0 Å². The van der Waals surface area contributed by atoms with Crippen molar-refractivity contribution in [1.29, 1.82) is 0 Å². The first-order valence-electron chi connectivity index (χ1n) is 33.4. The largest absolute Gasteiger partial charge is 0.245 e. The zero-order valence-electron chi connectivity index (χ0n) is 62.8. The highest BCUT2D eigenvalue weighted by molar-refractivity contribution is 4.76. The second-order valence-electron chi connectivity index (χ2n) is 30.9. The molecular formula is C69H150F4. The maximum Gasteiger partial charge on any atom is 0.245 e. The van der Waals surface area contributed by atoms with E-state index in [1.807, 2.05) is 0 Å². The van der Waals surface area contributed by atoms with Crippen molar-refractivity contribution in [2.24, 2.45) is 68.0 Å². The van der Waals surface area contributed by atoms with Crippen LogP contribution in [0.2, 0.25) is 0 Å². The van der Waals surface area contributed by atoms with E-state index in [2.05, 4.69) is 180 Å². The molecule has 0 amide bonds. The fourth-order valence-electron chi connectivity index (χ4n) is 5.41. The number of alkyl halides is 4. The first kappa shape index (κ1) is 74.8. The van der Waals surface area contributed by atoms with Crippen LogP contribution in [0.1, 0.15) is 378 Å². The highest BCUT2D eigenvalue weighted by Gasteiger charge is 2.24. The summed E-state index contributed by atoms with van der Waals surface area (Å²) in [7, 11) is 0. The van der Waals surface area contributed by atoms with Crippen molar-refractivity contribution < 1.29 is 25.8 Å². The third-order valence-electron chi connectivity index (χ3n) is 11.8. The number of hydrogen-bond donors (Lipinski definition) is 0. The first-order chi connectivity index (χ1) is 34.7. The summed E-state index contributed by atoms with van der Waals surface area (Å²) in [6.07, 6.45) is 27.5. The van der Waals surface area contributed by atoms with E-state index in [9.17, 15) is 17.6 Å². The van der Waals surface area contributed by atoms with Crippen LogP contribution < -0.4 is 0 Å². The number of hydrogen-bond acceptors (Lipinski definition) is 0. The molecule has 0 nitrogen and oxygen atoms in total. The minimum absolute atomic E-state index is 0.0625. The first-order valence-corrected chi connectivity index (χ1v) is 30.4. The molecule has 73 heavy (non-hydrogen) atoms. The van der Waals surface area contributed by atoms with Gasteiger partial charge in [-0.1, -0.05) is 331 Å². The van der Waals surface area contributed by atoms with E-state index in [0.29, 0.717) is 27.1 Å². The van der Waals surface area contributed by atoms with Gasteiger partial charge >= 0.3 is 0 Å². The monoisotopic (exact) mass is 1060 g/mol. The lowest BCUT2D eigenvalue weighted by Gasteiger charge is -2.32. The van der Waals surface area contributed by atoms with Crippen LogP contribution in [0.4, 0.5) is 17.6 Å². The predicted molar refractivity (Wildman–Crippen MR) is 335 cm³/mol. The molecule has 0 aromatic rings. The fraction of sp³-hybridized carbons (Fsp3) is 1.00. The second-order valence-corrected chi connectivity index (χ2v) is 30.9. The summed E-state index contributed by atoms with van der Waals surface area (Å²) in [4.78, 5) is 0. The quantitative estimate of drug-likeness (QED) is 0.242. The molecule has 0 spiro atoms. The summed E-state index contributed by atoms with van der Waals surface area (Å²) in [5, 5.41) is 0. The zero-order chi connectivity index (χ0) is 65.3. The van der Waals surface area contributed by atoms with E-state index >= 15 is 0 Å². The molecule has 0 aliphatic heterocycles. The molecule has 4 fully saturated rings. The van der Waals surface area contributed by atoms with E-state index in [1.165, 1.54) is 150 Å². The highest BCUT2D eigenvalue weighted by Crippen LogP contribution is 2.37. The average molecular weight is 1060 g/mol. The van der Waals surface area contributed by atoms with Crippen LogP contribution in [-0.2, 0) is 0 Å². The van der Waals surface area contributed by atoms with Crippen molar-refractivity contribution in [2.45, 2.75) is 382 Å². The van der Waals surface area contributed by atoms with Crippen molar-refractivity contribution >= 4 is 0 Å². The van der Waals surface area contributed by atoms with Gasteiger partial charge in [0.15, 0.2) is 0 Å². The van der Waals surface area contributed by atoms with Gasteiger partial charge in [0.05, 0.1) is 0 Å². The van der Waals surface area contributed by atoms with Gasteiger partial charge in [-0.3, -0.25) is 0 Å². The Labute approximate surface area is 474 Å². The third kappa shape index (κ3) is 147. The average Bonchev–Trinajstić information content (AvgIpc) is 3.73. The molecule has 0 atom stereocenters. The molecule has 4 rings (SSSR count). The van der Waals surface area contributed by atoms with Gasteiger partial charge in [0, 0.05) is 21.1 Å². The maximum atomic E-state index is 11.5. The summed E-state index contributed by atoms with van der Waals surface area (Å²) >= 11 is 0. The molecule has 0 bridgehead atoms. The SMILES string of the molecule is CC(C)(C)C.CC(C)(C)C.CC(C)C.CC1CCC(C)(C)CC1.CC1CCC(C)CC1.CC1CCCC1.CC1CCCCC1.CCC(C)(C)C.CCC(C)(C)C.CCC(C)(F)F.CCC(C)(F)F.[2H]C([2H])([2H])C(C)(C)C([2H])([2H])[2H]. The van der Waals surface area contributed by atoms with E-state index < -0.39 is 31.0 Å². The Bertz CT molecular complexity index is 1140. The normalized spacial score (nSPS) is 20.8. The molecular weight excluding hydrogens is 905 g/mol. The topological polar surface area (TPSA) is 0 Å². The van der Waals surface area contributed by atoms with Crippen LogP contribution in [0.25, 0.3) is 0 Å². The molecule has 4 aliphatic carbocycles. The lowest BCUT2D eigenvalue weighted by atomic mass is 9.74. The lowest BCUT2D eigenvalue weighted by molar-refractivity contribution is 0.0174. The predicted octanol–water partition coefficient (Wildman–Crippen LogP) is 27.6. The van der Waals surface area contributed by atoms with Crippen LogP contribution in [0.5, 0.6) is 0 Å². The Balaban J connectivity index is -0.000000117. The van der Waals surface area contributed by atoms with E-state index in [1.54, 1.807) is 0 Å². The van der Waals surface area contributed by atoms with Gasteiger partial charge in [0.25, 0.3) is 0 Å². The van der Waals surface area contributed by atoms with Crippen molar-refractivity contribution in [3.8, 4) is 0 Å². The van der Waals surface area contributed by atoms with Gasteiger partial charge in [-0.2, -0.15) is 0 Å². The molecule has 4 aliphatic rings. The molecule has 4 heteroatoms. The molecule has 454 valence electrons. The Morgan fingerprint density at radius 3 is 0.630 bits per heavy atom. The third-order valence-corrected chi connectivity index (χ3v) is 11.8. The summed E-state index contributed by atoms with van der Waals surface area (Å²) < 4.78 is 87.6. The summed E-state index contributed by atoms with van der Waals surface area (Å²) in [5.41, 5.74) is 1.12. The molecule has 4 saturated carbocycles. The van der Waals surface area contributed by atoms with E-state index in [4.69, 9.17) is 8.22 Å². The van der Waals surface area contributed by atoms with Crippen LogP contribution in [0.15, 0.2) is 0 Å². The van der Waals surface area contributed by atoms with Crippen LogP contribution >= 0.6 is 0 Å². The lowest BCUT2D eigenvalue weighted by Crippen LogP contribution is -2.19.